The topological polar surface area (TPSA) is 93.5 Å². The zero-order valence-electron chi connectivity index (χ0n) is 21.8. The molecule has 3 heterocycles. The minimum absolute atomic E-state index is 0.0295. The van der Waals surface area contributed by atoms with Crippen LogP contribution in [0.25, 0.3) is 32.8 Å². The molecule has 208 valence electrons. The molecule has 7 nitrogen and oxygen atoms in total. The Bertz CT molecular complexity index is 1610. The first-order valence-electron chi connectivity index (χ1n) is 13.7. The minimum Gasteiger partial charge on any atom is -0.508 e. The predicted molar refractivity (Wildman–Crippen MR) is 148 cm³/mol. The van der Waals surface area contributed by atoms with Crippen molar-refractivity contribution in [2.75, 3.05) is 36.5 Å². The summed E-state index contributed by atoms with van der Waals surface area (Å²) < 4.78 is 43.8. The molecule has 3 aromatic carbocycles. The van der Waals surface area contributed by atoms with Gasteiger partial charge < -0.3 is 25.7 Å². The van der Waals surface area contributed by atoms with Crippen LogP contribution in [0.3, 0.4) is 0 Å². The second-order valence-corrected chi connectivity index (χ2v) is 11.7. The molecule has 0 spiro atoms. The fourth-order valence-electron chi connectivity index (χ4n) is 6.77. The number of aliphatic hydroxyl groups is 1. The van der Waals surface area contributed by atoms with Gasteiger partial charge in [0, 0.05) is 60.9 Å². The van der Waals surface area contributed by atoms with E-state index in [1.165, 1.54) is 0 Å². The number of halogens is 3. The number of rotatable bonds is 6. The van der Waals surface area contributed by atoms with Crippen molar-refractivity contribution in [3.05, 3.63) is 54.3 Å². The zero-order valence-corrected chi connectivity index (χ0v) is 21.8. The van der Waals surface area contributed by atoms with Gasteiger partial charge in [-0.15, -0.1) is 0 Å². The van der Waals surface area contributed by atoms with Crippen molar-refractivity contribution in [2.24, 2.45) is 5.41 Å². The highest BCUT2D eigenvalue weighted by atomic mass is 19.3. The van der Waals surface area contributed by atoms with Gasteiger partial charge in [-0.25, -0.2) is 18.2 Å². The number of fused-ring (bicyclic) bond motifs is 4. The first kappa shape index (κ1) is 25.3. The van der Waals surface area contributed by atoms with E-state index in [1.807, 2.05) is 30.3 Å². The van der Waals surface area contributed by atoms with Crippen LogP contribution in [0.2, 0.25) is 0 Å². The van der Waals surface area contributed by atoms with Gasteiger partial charge in [-0.05, 0) is 47.4 Å². The van der Waals surface area contributed by atoms with Gasteiger partial charge in [0.1, 0.15) is 17.1 Å². The molecule has 1 aliphatic carbocycles. The Balaban J connectivity index is 1.34. The summed E-state index contributed by atoms with van der Waals surface area (Å²) in [6.07, 6.45) is 1.28. The summed E-state index contributed by atoms with van der Waals surface area (Å²) in [6.45, 7) is 1.10. The van der Waals surface area contributed by atoms with E-state index in [0.717, 1.165) is 36.7 Å². The molecule has 2 saturated heterocycles. The molecule has 4 N–H and O–H groups in total. The van der Waals surface area contributed by atoms with Crippen molar-refractivity contribution in [2.45, 2.75) is 43.7 Å². The maximum Gasteiger partial charge on any atom is 0.249 e. The Morgan fingerprint density at radius 2 is 1.73 bits per heavy atom. The molecule has 1 aromatic heterocycles. The van der Waals surface area contributed by atoms with Crippen molar-refractivity contribution >= 4 is 33.4 Å². The minimum atomic E-state index is -2.80. The highest BCUT2D eigenvalue weighted by Gasteiger charge is 2.56. The number of aromatic hydroxyl groups is 1. The van der Waals surface area contributed by atoms with Gasteiger partial charge >= 0.3 is 0 Å². The SMILES string of the molecule is OCC1(CNc2nc(N3CC4CCC(C3)N4)c3ccc(-c4cc(O)cc5ccccc45)c(F)c3n2)CC(F)(F)C1. The molecule has 2 bridgehead atoms. The first-order valence-corrected chi connectivity index (χ1v) is 13.7. The van der Waals surface area contributed by atoms with Gasteiger partial charge in [0.05, 0.1) is 6.61 Å². The Morgan fingerprint density at radius 3 is 2.45 bits per heavy atom. The second-order valence-electron chi connectivity index (χ2n) is 11.7. The second kappa shape index (κ2) is 9.21. The van der Waals surface area contributed by atoms with Crippen LogP contribution in [-0.4, -0.2) is 64.4 Å². The van der Waals surface area contributed by atoms with Crippen LogP contribution in [0.4, 0.5) is 24.9 Å². The number of aliphatic hydroxyl groups excluding tert-OH is 1. The molecule has 4 aromatic rings. The van der Waals surface area contributed by atoms with Gasteiger partial charge in [0.15, 0.2) is 5.82 Å². The van der Waals surface area contributed by atoms with Crippen molar-refractivity contribution < 1.29 is 23.4 Å². The zero-order chi connectivity index (χ0) is 27.6. The van der Waals surface area contributed by atoms with E-state index in [4.69, 9.17) is 4.98 Å². The van der Waals surface area contributed by atoms with Crippen LogP contribution < -0.4 is 15.5 Å². The average molecular weight is 550 g/mol. The van der Waals surface area contributed by atoms with E-state index in [-0.39, 0.29) is 30.4 Å². The van der Waals surface area contributed by atoms with E-state index in [9.17, 15) is 19.0 Å². The lowest BCUT2D eigenvalue weighted by molar-refractivity contribution is -0.169. The van der Waals surface area contributed by atoms with E-state index in [0.29, 0.717) is 34.4 Å². The number of phenolic OH excluding ortho intramolecular Hbond substituents is 1. The summed E-state index contributed by atoms with van der Waals surface area (Å²) in [5.41, 5.74) is -0.0288. The smallest absolute Gasteiger partial charge is 0.249 e. The largest absolute Gasteiger partial charge is 0.508 e. The molecule has 2 unspecified atom stereocenters. The van der Waals surface area contributed by atoms with Crippen LogP contribution in [0.15, 0.2) is 48.5 Å². The highest BCUT2D eigenvalue weighted by molar-refractivity contribution is 6.01. The Labute approximate surface area is 229 Å². The van der Waals surface area contributed by atoms with E-state index < -0.39 is 30.0 Å². The standard InChI is InChI=1S/C30H30F3N5O2/c31-25-22(24-10-20(40)9-17-3-1-2-4-21(17)24)7-8-23-26(25)36-28(34-15-29(16-39)13-30(32,33)14-29)37-27(23)38-11-18-5-6-19(12-38)35-18/h1-4,7-10,18-19,35,39-40H,5-6,11-16H2,(H,34,36,37). The summed E-state index contributed by atoms with van der Waals surface area (Å²) in [5.74, 6) is -2.60. The molecule has 10 heteroatoms. The lowest BCUT2D eigenvalue weighted by atomic mass is 9.66. The first-order chi connectivity index (χ1) is 19.2. The summed E-state index contributed by atoms with van der Waals surface area (Å²) in [4.78, 5) is 11.4. The van der Waals surface area contributed by atoms with E-state index >= 15 is 4.39 Å². The molecule has 7 rings (SSSR count). The fraction of sp³-hybridized carbons (Fsp3) is 0.400. The van der Waals surface area contributed by atoms with Crippen LogP contribution in [0.1, 0.15) is 25.7 Å². The van der Waals surface area contributed by atoms with E-state index in [2.05, 4.69) is 20.5 Å². The van der Waals surface area contributed by atoms with Crippen molar-refractivity contribution in [1.29, 1.82) is 0 Å². The number of alkyl halides is 2. The number of hydrogen-bond donors (Lipinski definition) is 4. The summed E-state index contributed by atoms with van der Waals surface area (Å²) in [6, 6.07) is 14.8. The third-order valence-corrected chi connectivity index (χ3v) is 8.66. The normalized spacial score (nSPS) is 22.9. The molecule has 1 saturated carbocycles. The van der Waals surface area contributed by atoms with Gasteiger partial charge in [0.25, 0.3) is 0 Å². The third-order valence-electron chi connectivity index (χ3n) is 8.66. The lowest BCUT2D eigenvalue weighted by Crippen LogP contribution is -2.52. The molecule has 0 amide bonds. The maximum atomic E-state index is 16.5. The number of aromatic nitrogens is 2. The van der Waals surface area contributed by atoms with Gasteiger partial charge in [0.2, 0.25) is 11.9 Å². The summed E-state index contributed by atoms with van der Waals surface area (Å²) in [5, 5.41) is 29.0. The number of piperazine rings is 1. The number of hydrogen-bond acceptors (Lipinski definition) is 7. The third kappa shape index (κ3) is 4.30. The Kier molecular flexibility index (Phi) is 5.83. The summed E-state index contributed by atoms with van der Waals surface area (Å²) >= 11 is 0. The van der Waals surface area contributed by atoms with Crippen LogP contribution in [-0.2, 0) is 0 Å². The lowest BCUT2D eigenvalue weighted by Gasteiger charge is -2.46. The Hall–Kier alpha value is -3.63. The molecule has 2 aliphatic heterocycles. The molecule has 2 atom stereocenters. The number of nitrogens with zero attached hydrogens (tertiary/aromatic N) is 3. The van der Waals surface area contributed by atoms with Crippen molar-refractivity contribution in [1.82, 2.24) is 15.3 Å². The molecular weight excluding hydrogens is 519 g/mol. The number of anilines is 2. The number of benzene rings is 3. The maximum absolute atomic E-state index is 16.5. The predicted octanol–water partition coefficient (Wildman–Crippen LogP) is 5.06. The van der Waals surface area contributed by atoms with Crippen LogP contribution in [0, 0.1) is 11.2 Å². The quantitative estimate of drug-likeness (QED) is 0.267. The molecule has 3 fully saturated rings. The monoisotopic (exact) mass is 549 g/mol. The molecule has 40 heavy (non-hydrogen) atoms. The van der Waals surface area contributed by atoms with Gasteiger partial charge in [-0.1, -0.05) is 30.3 Å². The average Bonchev–Trinajstić information content (AvgIpc) is 3.27. The fourth-order valence-corrected chi connectivity index (χ4v) is 6.77. The van der Waals surface area contributed by atoms with E-state index in [1.54, 1.807) is 18.2 Å². The van der Waals surface area contributed by atoms with Gasteiger partial charge in [-0.2, -0.15) is 4.98 Å². The van der Waals surface area contributed by atoms with Crippen molar-refractivity contribution in [3.63, 3.8) is 0 Å². The summed E-state index contributed by atoms with van der Waals surface area (Å²) in [7, 11) is 0. The van der Waals surface area contributed by atoms with Crippen molar-refractivity contribution in [3.8, 4) is 16.9 Å². The highest BCUT2D eigenvalue weighted by Crippen LogP contribution is 2.51. The van der Waals surface area contributed by atoms with Crippen LogP contribution >= 0.6 is 0 Å². The van der Waals surface area contributed by atoms with Crippen LogP contribution in [0.5, 0.6) is 5.75 Å². The molecule has 3 aliphatic rings. The number of phenols is 1. The number of nitrogens with one attached hydrogen (secondary N) is 2. The van der Waals surface area contributed by atoms with Gasteiger partial charge in [-0.3, -0.25) is 0 Å². The molecule has 0 radical (unpaired) electrons. The molecular formula is C30H30F3N5O2. The Morgan fingerprint density at radius 1 is 0.975 bits per heavy atom.